The second-order valence-corrected chi connectivity index (χ2v) is 7.85. The van der Waals surface area contributed by atoms with E-state index in [-0.39, 0.29) is 11.7 Å². The number of nitrogens with one attached hydrogen (secondary N) is 1. The summed E-state index contributed by atoms with van der Waals surface area (Å²) in [7, 11) is 0. The zero-order valence-corrected chi connectivity index (χ0v) is 17.5. The minimum Gasteiger partial charge on any atom is -0.508 e. The Balaban J connectivity index is 1.69. The second-order valence-electron chi connectivity index (χ2n) is 7.85. The molecule has 0 aromatic heterocycles. The van der Waals surface area contributed by atoms with E-state index < -0.39 is 0 Å². The fourth-order valence-electron chi connectivity index (χ4n) is 3.49. The third-order valence-corrected chi connectivity index (χ3v) is 5.22. The van der Waals surface area contributed by atoms with Gasteiger partial charge in [0.25, 0.3) is 0 Å². The number of aromatic hydroxyl groups is 1. The fraction of sp³-hybridized carbons (Fsp3) is 0.280. The van der Waals surface area contributed by atoms with E-state index in [4.69, 9.17) is 0 Å². The molecule has 0 radical (unpaired) electrons. The molecular formula is C25H28N2O2. The molecule has 0 atom stereocenters. The van der Waals surface area contributed by atoms with Crippen molar-refractivity contribution >= 4 is 12.1 Å². The van der Waals surface area contributed by atoms with Gasteiger partial charge in [0, 0.05) is 12.0 Å². The topological polar surface area (TPSA) is 61.7 Å². The predicted octanol–water partition coefficient (Wildman–Crippen LogP) is 5.32. The normalized spacial score (nSPS) is 11.5. The standard InChI is InChI=1S/C25H28N2O2/c1-16(2)20-9-5-17(3)25-21(13-18(4)23(25)14-20)15-26-27-24(29)12-8-19-6-10-22(28)11-7-19/h5-7,9-11,13-16,28H,8,12H2,1-4H3,(H,27,29)/b26-15+. The molecule has 0 aliphatic heterocycles. The molecule has 3 rings (SSSR count). The molecule has 1 aromatic carbocycles. The van der Waals surface area contributed by atoms with Crippen molar-refractivity contribution in [3.63, 3.8) is 0 Å². The Morgan fingerprint density at radius 1 is 1.07 bits per heavy atom. The molecule has 0 unspecified atom stereocenters. The van der Waals surface area contributed by atoms with Gasteiger partial charge in [-0.3, -0.25) is 4.79 Å². The maximum atomic E-state index is 12.1. The van der Waals surface area contributed by atoms with Gasteiger partial charge in [0.2, 0.25) is 5.91 Å². The van der Waals surface area contributed by atoms with Crippen molar-refractivity contribution in [1.82, 2.24) is 5.43 Å². The number of phenolic OH excluding ortho intramolecular Hbond substituents is 1. The summed E-state index contributed by atoms with van der Waals surface area (Å²) < 4.78 is 0. The number of aryl methyl sites for hydroxylation is 3. The maximum absolute atomic E-state index is 12.1. The first-order chi connectivity index (χ1) is 13.8. The summed E-state index contributed by atoms with van der Waals surface area (Å²) in [5, 5.41) is 13.5. The highest BCUT2D eigenvalue weighted by Gasteiger charge is 2.15. The zero-order valence-electron chi connectivity index (χ0n) is 17.5. The van der Waals surface area contributed by atoms with Gasteiger partial charge in [-0.05, 0) is 77.8 Å². The van der Waals surface area contributed by atoms with E-state index in [0.29, 0.717) is 18.8 Å². The third kappa shape index (κ3) is 5.02. The summed E-state index contributed by atoms with van der Waals surface area (Å²) >= 11 is 0. The number of amides is 1. The van der Waals surface area contributed by atoms with Gasteiger partial charge < -0.3 is 5.11 Å². The Kier molecular flexibility index (Phi) is 6.32. The number of hydrogen-bond acceptors (Lipinski definition) is 3. The molecule has 0 heterocycles. The lowest BCUT2D eigenvalue weighted by Crippen LogP contribution is -2.17. The zero-order chi connectivity index (χ0) is 21.0. The van der Waals surface area contributed by atoms with Crippen LogP contribution in [0.1, 0.15) is 54.0 Å². The summed E-state index contributed by atoms with van der Waals surface area (Å²) in [6, 6.07) is 15.6. The molecular weight excluding hydrogens is 360 g/mol. The van der Waals surface area contributed by atoms with E-state index >= 15 is 0 Å². The molecule has 0 fully saturated rings. The van der Waals surface area contributed by atoms with Crippen molar-refractivity contribution in [2.24, 2.45) is 5.10 Å². The number of rotatable bonds is 6. The predicted molar refractivity (Wildman–Crippen MR) is 119 cm³/mol. The third-order valence-electron chi connectivity index (χ3n) is 5.22. The van der Waals surface area contributed by atoms with Crippen molar-refractivity contribution in [3.05, 3.63) is 76.3 Å². The van der Waals surface area contributed by atoms with Crippen molar-refractivity contribution in [2.45, 2.75) is 46.5 Å². The largest absolute Gasteiger partial charge is 0.508 e. The number of nitrogens with zero attached hydrogens (tertiary/aromatic N) is 1. The highest BCUT2D eigenvalue weighted by Crippen LogP contribution is 2.35. The summed E-state index contributed by atoms with van der Waals surface area (Å²) in [6.45, 7) is 8.62. The molecule has 2 N–H and O–H groups in total. The quantitative estimate of drug-likeness (QED) is 0.443. The van der Waals surface area contributed by atoms with E-state index in [1.807, 2.05) is 12.1 Å². The highest BCUT2D eigenvalue weighted by atomic mass is 16.3. The molecule has 2 aliphatic carbocycles. The van der Waals surface area contributed by atoms with Gasteiger partial charge in [-0.1, -0.05) is 44.2 Å². The van der Waals surface area contributed by atoms with Crippen LogP contribution in [0.4, 0.5) is 0 Å². The SMILES string of the molecule is Cc1cc(/C=N/NC(=O)CCc2ccc(O)cc2)c2c(C)ccc(C(C)C)cc1-2. The van der Waals surface area contributed by atoms with E-state index in [0.717, 1.165) is 11.1 Å². The molecule has 29 heavy (non-hydrogen) atoms. The first-order valence-electron chi connectivity index (χ1n) is 9.99. The number of carbonyl (C=O) groups is 1. The van der Waals surface area contributed by atoms with Crippen LogP contribution in [0, 0.1) is 13.8 Å². The molecule has 4 nitrogen and oxygen atoms in total. The van der Waals surface area contributed by atoms with Gasteiger partial charge >= 0.3 is 0 Å². The molecule has 2 aliphatic rings. The van der Waals surface area contributed by atoms with E-state index in [2.05, 4.69) is 62.5 Å². The number of hydrazone groups is 1. The summed E-state index contributed by atoms with van der Waals surface area (Å²) in [4.78, 5) is 12.1. The van der Waals surface area contributed by atoms with Gasteiger partial charge in [-0.25, -0.2) is 5.43 Å². The number of carbonyl (C=O) groups excluding carboxylic acids is 1. The van der Waals surface area contributed by atoms with Crippen LogP contribution in [0.15, 0.2) is 53.6 Å². The van der Waals surface area contributed by atoms with Crippen LogP contribution in [0.2, 0.25) is 0 Å². The fourth-order valence-corrected chi connectivity index (χ4v) is 3.49. The van der Waals surface area contributed by atoms with Crippen LogP contribution in [0.3, 0.4) is 0 Å². The first-order valence-corrected chi connectivity index (χ1v) is 9.99. The average Bonchev–Trinajstić information content (AvgIpc) is 2.87. The van der Waals surface area contributed by atoms with Crippen molar-refractivity contribution in [1.29, 1.82) is 0 Å². The molecule has 150 valence electrons. The van der Waals surface area contributed by atoms with E-state index in [1.54, 1.807) is 18.3 Å². The first kappa shape index (κ1) is 20.6. The minimum absolute atomic E-state index is 0.133. The smallest absolute Gasteiger partial charge is 0.240 e. The Morgan fingerprint density at radius 2 is 1.79 bits per heavy atom. The minimum atomic E-state index is -0.133. The molecule has 4 heteroatoms. The molecule has 0 bridgehead atoms. The number of benzene rings is 1. The van der Waals surface area contributed by atoms with Crippen LogP contribution >= 0.6 is 0 Å². The van der Waals surface area contributed by atoms with Crippen molar-refractivity contribution in [3.8, 4) is 16.9 Å². The van der Waals surface area contributed by atoms with Crippen LogP contribution in [-0.2, 0) is 11.2 Å². The summed E-state index contributed by atoms with van der Waals surface area (Å²) in [6.07, 6.45) is 2.68. The van der Waals surface area contributed by atoms with Crippen molar-refractivity contribution in [2.75, 3.05) is 0 Å². The molecule has 0 saturated heterocycles. The van der Waals surface area contributed by atoms with E-state index in [9.17, 15) is 9.90 Å². The molecule has 0 spiro atoms. The lowest BCUT2D eigenvalue weighted by molar-refractivity contribution is -0.121. The van der Waals surface area contributed by atoms with Crippen LogP contribution in [0.5, 0.6) is 5.75 Å². The molecule has 1 amide bonds. The molecule has 0 saturated carbocycles. The van der Waals surface area contributed by atoms with Crippen LogP contribution < -0.4 is 5.43 Å². The highest BCUT2D eigenvalue weighted by molar-refractivity contribution is 5.95. The molecule has 1 aromatic rings. The number of hydrogen-bond donors (Lipinski definition) is 2. The van der Waals surface area contributed by atoms with Gasteiger partial charge in [0.05, 0.1) is 6.21 Å². The van der Waals surface area contributed by atoms with E-state index in [1.165, 1.54) is 27.8 Å². The van der Waals surface area contributed by atoms with Gasteiger partial charge in [0.1, 0.15) is 5.75 Å². The summed E-state index contributed by atoms with van der Waals surface area (Å²) in [5.41, 5.74) is 10.8. The average molecular weight is 389 g/mol. The summed E-state index contributed by atoms with van der Waals surface area (Å²) in [5.74, 6) is 0.555. The number of fused-ring (bicyclic) bond motifs is 1. The van der Waals surface area contributed by atoms with Crippen LogP contribution in [-0.4, -0.2) is 17.2 Å². The monoisotopic (exact) mass is 388 g/mol. The Morgan fingerprint density at radius 3 is 2.48 bits per heavy atom. The second kappa shape index (κ2) is 8.91. The Hall–Kier alpha value is -3.14. The van der Waals surface area contributed by atoms with Gasteiger partial charge in [0.15, 0.2) is 0 Å². The lowest BCUT2D eigenvalue weighted by atomic mass is 10.0. The van der Waals surface area contributed by atoms with Crippen molar-refractivity contribution < 1.29 is 9.90 Å². The Bertz CT molecular complexity index is 1000. The van der Waals surface area contributed by atoms with Gasteiger partial charge in [-0.15, -0.1) is 0 Å². The maximum Gasteiger partial charge on any atom is 0.240 e. The lowest BCUT2D eigenvalue weighted by Gasteiger charge is -2.04. The van der Waals surface area contributed by atoms with Gasteiger partial charge in [-0.2, -0.15) is 5.10 Å². The van der Waals surface area contributed by atoms with Crippen LogP contribution in [0.25, 0.3) is 11.1 Å². The Labute approximate surface area is 172 Å². The number of phenols is 1.